The fraction of sp³-hybridized carbons (Fsp3) is 0.451. The van der Waals surface area contributed by atoms with Gasteiger partial charge >= 0.3 is 0 Å². The first kappa shape index (κ1) is 43.1. The minimum Gasteiger partial charge on any atom is -0.370 e. The summed E-state index contributed by atoms with van der Waals surface area (Å²) in [6.45, 7) is 17.0. The maximum atomic E-state index is 13.1. The Morgan fingerprint density at radius 2 is 0.851 bits per heavy atom. The zero-order valence-electron chi connectivity index (χ0n) is 39.2. The average molecular weight is 901 g/mol. The first-order valence-electron chi connectivity index (χ1n) is 24.3. The number of piperidine rings is 3. The number of anilines is 2. The summed E-state index contributed by atoms with van der Waals surface area (Å²) in [7, 11) is 0. The molecule has 4 aliphatic heterocycles. The molecule has 16 heteroatoms. The molecular weight excluding hydrogens is 841 g/mol. The highest BCUT2D eigenvalue weighted by atomic mass is 16.1. The van der Waals surface area contributed by atoms with Crippen LogP contribution < -0.4 is 20.9 Å². The number of pyridine rings is 2. The maximum Gasteiger partial charge on any atom is 0.258 e. The van der Waals surface area contributed by atoms with Gasteiger partial charge in [0.15, 0.2) is 0 Å². The Morgan fingerprint density at radius 1 is 0.448 bits per heavy atom. The van der Waals surface area contributed by atoms with E-state index in [9.17, 15) is 9.59 Å². The Labute approximate surface area is 389 Å². The molecule has 0 amide bonds. The van der Waals surface area contributed by atoms with Crippen molar-refractivity contribution >= 4 is 33.7 Å². The van der Waals surface area contributed by atoms with Gasteiger partial charge in [-0.1, -0.05) is 6.42 Å². The van der Waals surface area contributed by atoms with Gasteiger partial charge in [-0.05, 0) is 142 Å². The maximum absolute atomic E-state index is 13.1. The summed E-state index contributed by atoms with van der Waals surface area (Å²) in [6, 6.07) is 16.5. The fourth-order valence-corrected chi connectivity index (χ4v) is 11.0. The smallest absolute Gasteiger partial charge is 0.258 e. The summed E-state index contributed by atoms with van der Waals surface area (Å²) < 4.78 is 6.93. The molecule has 0 unspecified atom stereocenters. The Morgan fingerprint density at radius 3 is 1.27 bits per heavy atom. The van der Waals surface area contributed by atoms with E-state index in [0.29, 0.717) is 46.2 Å². The normalized spacial score (nSPS) is 18.1. The van der Waals surface area contributed by atoms with Crippen molar-refractivity contribution in [2.45, 2.75) is 97.6 Å². The number of nitrogens with zero attached hydrogens (tertiary/aromatic N) is 14. The molecule has 0 aromatic carbocycles. The van der Waals surface area contributed by atoms with E-state index in [2.05, 4.69) is 51.9 Å². The Balaban J connectivity index is 0.000000148. The first-order valence-corrected chi connectivity index (χ1v) is 24.3. The highest BCUT2D eigenvalue weighted by Gasteiger charge is 2.28. The molecule has 346 valence electrons. The highest BCUT2D eigenvalue weighted by molar-refractivity contribution is 5.68. The van der Waals surface area contributed by atoms with Crippen molar-refractivity contribution in [1.29, 1.82) is 0 Å². The predicted molar refractivity (Wildman–Crippen MR) is 263 cm³/mol. The van der Waals surface area contributed by atoms with Crippen LogP contribution >= 0.6 is 0 Å². The lowest BCUT2D eigenvalue weighted by atomic mass is 9.99. The second kappa shape index (κ2) is 17.9. The fourth-order valence-electron chi connectivity index (χ4n) is 11.0. The molecule has 16 nitrogen and oxygen atoms in total. The van der Waals surface area contributed by atoms with E-state index in [4.69, 9.17) is 9.97 Å². The van der Waals surface area contributed by atoms with Crippen LogP contribution in [0.2, 0.25) is 0 Å². The molecule has 8 aromatic rings. The van der Waals surface area contributed by atoms with Gasteiger partial charge in [-0.3, -0.25) is 28.4 Å². The van der Waals surface area contributed by atoms with E-state index < -0.39 is 0 Å². The van der Waals surface area contributed by atoms with Gasteiger partial charge in [0.1, 0.15) is 22.7 Å². The molecule has 0 saturated carbocycles. The van der Waals surface area contributed by atoms with Crippen molar-refractivity contribution < 1.29 is 0 Å². The van der Waals surface area contributed by atoms with Crippen molar-refractivity contribution in [1.82, 2.24) is 57.8 Å². The Bertz CT molecular complexity index is 3230. The van der Waals surface area contributed by atoms with Gasteiger partial charge in [0.2, 0.25) is 0 Å². The lowest BCUT2D eigenvalue weighted by molar-refractivity contribution is 0.141. The van der Waals surface area contributed by atoms with Gasteiger partial charge in [-0.2, -0.15) is 10.2 Å². The zero-order chi connectivity index (χ0) is 45.8. The van der Waals surface area contributed by atoms with E-state index in [1.807, 2.05) is 85.8 Å². The summed E-state index contributed by atoms with van der Waals surface area (Å²) in [5.74, 6) is 0. The van der Waals surface area contributed by atoms with Crippen LogP contribution in [-0.4, -0.2) is 122 Å². The molecule has 4 fully saturated rings. The third-order valence-electron chi connectivity index (χ3n) is 14.6. The molecule has 0 radical (unpaired) electrons. The molecule has 67 heavy (non-hydrogen) atoms. The molecule has 4 aliphatic rings. The van der Waals surface area contributed by atoms with Crippen LogP contribution in [0.25, 0.3) is 45.1 Å². The van der Waals surface area contributed by atoms with Crippen LogP contribution in [0.3, 0.4) is 0 Å². The predicted octanol–water partition coefficient (Wildman–Crippen LogP) is 6.56. The van der Waals surface area contributed by atoms with Gasteiger partial charge in [0.05, 0.1) is 69.0 Å². The largest absolute Gasteiger partial charge is 0.370 e. The molecule has 8 aromatic heterocycles. The third kappa shape index (κ3) is 8.68. The Hall–Kier alpha value is -6.52. The number of rotatable bonds is 6. The molecule has 0 atom stereocenters. The number of fused-ring (bicyclic) bond motifs is 4. The zero-order valence-corrected chi connectivity index (χ0v) is 39.2. The highest BCUT2D eigenvalue weighted by Crippen LogP contribution is 2.28. The van der Waals surface area contributed by atoms with E-state index in [-0.39, 0.29) is 11.1 Å². The number of hydrogen-bond donors (Lipinski definition) is 0. The summed E-state index contributed by atoms with van der Waals surface area (Å²) in [4.78, 5) is 54.7. The van der Waals surface area contributed by atoms with Crippen LogP contribution in [-0.2, 0) is 0 Å². The van der Waals surface area contributed by atoms with Crippen molar-refractivity contribution in [3.05, 3.63) is 117 Å². The van der Waals surface area contributed by atoms with E-state index in [0.717, 1.165) is 71.4 Å². The SMILES string of the molecule is Cc1cn2nc(-c3cc(=O)n4cc(N5CCC(N6CCCC6)CC5)ccc4n3)cc2c(C)n1.Cc1cn2nc(-c3cc(=O)n4cc(N5CCC(N6CCCCC6)CC5)ccc4n3)cc2c(C)n1. The van der Waals surface area contributed by atoms with Crippen LogP contribution in [0.5, 0.6) is 0 Å². The van der Waals surface area contributed by atoms with Gasteiger partial charge in [-0.15, -0.1) is 0 Å². The number of likely N-dealkylation sites (tertiary alicyclic amines) is 2. The lowest BCUT2D eigenvalue weighted by Crippen LogP contribution is -2.46. The van der Waals surface area contributed by atoms with E-state index in [1.165, 1.54) is 84.0 Å². The van der Waals surface area contributed by atoms with Crippen molar-refractivity contribution in [2.75, 3.05) is 62.2 Å². The van der Waals surface area contributed by atoms with Gasteiger partial charge in [0.25, 0.3) is 11.1 Å². The van der Waals surface area contributed by atoms with Gasteiger partial charge < -0.3 is 19.6 Å². The molecular formula is C51H60N14O2. The van der Waals surface area contributed by atoms with Crippen molar-refractivity contribution in [3.8, 4) is 22.8 Å². The monoisotopic (exact) mass is 901 g/mol. The quantitative estimate of drug-likeness (QED) is 0.179. The topological polar surface area (TPSA) is 142 Å². The number of aromatic nitrogens is 10. The van der Waals surface area contributed by atoms with Crippen LogP contribution in [0.1, 0.15) is 80.6 Å². The van der Waals surface area contributed by atoms with Crippen LogP contribution in [0, 0.1) is 27.7 Å². The summed E-state index contributed by atoms with van der Waals surface area (Å²) >= 11 is 0. The van der Waals surface area contributed by atoms with E-state index >= 15 is 0 Å². The lowest BCUT2D eigenvalue weighted by Gasteiger charge is -2.41. The minimum atomic E-state index is -0.0908. The van der Waals surface area contributed by atoms with Crippen LogP contribution in [0.4, 0.5) is 11.4 Å². The molecule has 12 rings (SSSR count). The van der Waals surface area contributed by atoms with E-state index in [1.54, 1.807) is 20.9 Å². The van der Waals surface area contributed by atoms with Crippen LogP contribution in [0.15, 0.2) is 82.9 Å². The van der Waals surface area contributed by atoms with Gasteiger partial charge in [0, 0.05) is 62.8 Å². The molecule has 0 bridgehead atoms. The molecule has 4 saturated heterocycles. The summed E-state index contributed by atoms with van der Waals surface area (Å²) in [6.07, 6.45) is 19.1. The molecule has 0 aliphatic carbocycles. The Kier molecular flexibility index (Phi) is 11.5. The standard InChI is InChI=1S/C26H31N7O.C25H29N7O/c1-18-16-33-24(19(2)27-18)14-23(29-33)22-15-26(34)32-17-21(6-7-25(32)28-22)31-12-8-20(9-13-31)30-10-4-3-5-11-30;1-17-15-32-23(18(2)26-17)13-22(28-32)21-14-25(33)31-16-20(5-6-24(31)27-21)30-11-7-19(8-12-30)29-9-3-4-10-29/h6-7,14-17,20H,3-5,8-13H2,1-2H3;5-6,13-16,19H,3-4,7-12H2,1-2H3. The molecule has 12 heterocycles. The number of hydrogen-bond acceptors (Lipinski definition) is 12. The number of aryl methyl sites for hydroxylation is 4. The average Bonchev–Trinajstić information content (AvgIpc) is 4.14. The molecule has 0 spiro atoms. The third-order valence-corrected chi connectivity index (χ3v) is 14.6. The summed E-state index contributed by atoms with van der Waals surface area (Å²) in [5, 5.41) is 9.28. The summed E-state index contributed by atoms with van der Waals surface area (Å²) in [5.41, 5.74) is 11.3. The van der Waals surface area contributed by atoms with Crippen molar-refractivity contribution in [2.24, 2.45) is 0 Å². The molecule has 0 N–H and O–H groups in total. The first-order chi connectivity index (χ1) is 32.6. The van der Waals surface area contributed by atoms with Crippen molar-refractivity contribution in [3.63, 3.8) is 0 Å². The second-order valence-corrected chi connectivity index (χ2v) is 19.1. The second-order valence-electron chi connectivity index (χ2n) is 19.1. The van der Waals surface area contributed by atoms with Gasteiger partial charge in [-0.25, -0.2) is 19.0 Å². The minimum absolute atomic E-state index is 0.0897.